The van der Waals surface area contributed by atoms with E-state index in [9.17, 15) is 14.4 Å². The number of piperazine rings is 1. The average molecular weight is 425 g/mol. The maximum absolute atomic E-state index is 12.6. The third-order valence-corrected chi connectivity index (χ3v) is 6.23. The van der Waals surface area contributed by atoms with Crippen molar-refractivity contribution in [2.45, 2.75) is 44.2 Å². The molecule has 2 amide bonds. The minimum absolute atomic E-state index is 0.0171. The van der Waals surface area contributed by atoms with Gasteiger partial charge in [-0.05, 0) is 32.6 Å². The molecule has 10 heteroatoms. The highest BCUT2D eigenvalue weighted by molar-refractivity contribution is 7.99. The first-order valence-electron chi connectivity index (χ1n) is 10.1. The molecule has 1 N–H and O–H groups in total. The number of amides is 2. The zero-order valence-corrected chi connectivity index (χ0v) is 17.6. The average Bonchev–Trinajstić information content (AvgIpc) is 3.21. The first-order chi connectivity index (χ1) is 14.0. The molecule has 3 rings (SSSR count). The number of fused-ring (bicyclic) bond motifs is 1. The topological polar surface area (TPSA) is 105 Å². The highest BCUT2D eigenvalue weighted by Gasteiger charge is 2.26. The molecule has 160 valence electrons. The largest absolute Gasteiger partial charge is 0.450 e. The fourth-order valence-corrected chi connectivity index (χ4v) is 4.72. The summed E-state index contributed by atoms with van der Waals surface area (Å²) in [5.74, 6) is 0.204. The molecule has 29 heavy (non-hydrogen) atoms. The zero-order valence-electron chi connectivity index (χ0n) is 16.8. The van der Waals surface area contributed by atoms with Gasteiger partial charge in [-0.3, -0.25) is 9.36 Å². The predicted molar refractivity (Wildman–Crippen MR) is 108 cm³/mol. The molecule has 1 aromatic heterocycles. The summed E-state index contributed by atoms with van der Waals surface area (Å²) in [6.07, 6.45) is 2.84. The molecule has 0 unspecified atom stereocenters. The summed E-state index contributed by atoms with van der Waals surface area (Å²) in [7, 11) is 0. The summed E-state index contributed by atoms with van der Waals surface area (Å²) in [5, 5.41) is 9.71. The first-order valence-corrected chi connectivity index (χ1v) is 11.1. The van der Waals surface area contributed by atoms with Crippen LogP contribution < -0.4 is 5.69 Å². The normalized spacial score (nSPS) is 16.1. The van der Waals surface area contributed by atoms with Crippen LogP contribution in [-0.4, -0.2) is 81.6 Å². The Kier molecular flexibility index (Phi) is 7.54. The molecule has 1 aliphatic carbocycles. The van der Waals surface area contributed by atoms with Crippen molar-refractivity contribution >= 4 is 23.8 Å². The van der Waals surface area contributed by atoms with Crippen LogP contribution in [0.4, 0.5) is 4.79 Å². The third kappa shape index (κ3) is 5.11. The van der Waals surface area contributed by atoms with Crippen LogP contribution in [0, 0.1) is 0 Å². The summed E-state index contributed by atoms with van der Waals surface area (Å²) in [6, 6.07) is 0. The lowest BCUT2D eigenvalue weighted by atomic mass is 10.2. The van der Waals surface area contributed by atoms with Crippen LogP contribution in [0.15, 0.2) is 9.82 Å². The van der Waals surface area contributed by atoms with Crippen LogP contribution in [0.3, 0.4) is 0 Å². The smallest absolute Gasteiger partial charge is 0.409 e. The Labute approximate surface area is 174 Å². The lowest BCUT2D eigenvalue weighted by Crippen LogP contribution is -2.51. The fraction of sp³-hybridized carbons (Fsp3) is 0.684. The molecule has 0 atom stereocenters. The Hall–Kier alpha value is -2.07. The van der Waals surface area contributed by atoms with Crippen molar-refractivity contribution in [2.75, 3.05) is 45.1 Å². The number of rotatable bonds is 7. The van der Waals surface area contributed by atoms with Gasteiger partial charge in [-0.2, -0.15) is 4.98 Å². The van der Waals surface area contributed by atoms with E-state index in [4.69, 9.17) is 9.84 Å². The number of aliphatic hydroxyl groups excluding tert-OH is 1. The van der Waals surface area contributed by atoms with Crippen LogP contribution in [0.5, 0.6) is 0 Å². The number of aromatic nitrogens is 2. The van der Waals surface area contributed by atoms with Crippen LogP contribution in [0.25, 0.3) is 0 Å². The van der Waals surface area contributed by atoms with Gasteiger partial charge in [-0.1, -0.05) is 11.8 Å². The lowest BCUT2D eigenvalue weighted by Gasteiger charge is -2.34. The number of hydrogen-bond donors (Lipinski definition) is 1. The second-order valence-corrected chi connectivity index (χ2v) is 8.03. The van der Waals surface area contributed by atoms with Crippen LogP contribution >= 0.6 is 11.8 Å². The van der Waals surface area contributed by atoms with Gasteiger partial charge in [0.25, 0.3) is 0 Å². The Morgan fingerprint density at radius 2 is 1.90 bits per heavy atom. The molecular weight excluding hydrogens is 396 g/mol. The van der Waals surface area contributed by atoms with Gasteiger partial charge in [-0.15, -0.1) is 0 Å². The van der Waals surface area contributed by atoms with Gasteiger partial charge >= 0.3 is 11.8 Å². The summed E-state index contributed by atoms with van der Waals surface area (Å²) in [4.78, 5) is 44.3. The molecule has 9 nitrogen and oxygen atoms in total. The molecule has 0 radical (unpaired) electrons. The van der Waals surface area contributed by atoms with Crippen molar-refractivity contribution < 1.29 is 19.4 Å². The van der Waals surface area contributed by atoms with Crippen molar-refractivity contribution in [2.24, 2.45) is 0 Å². The van der Waals surface area contributed by atoms with E-state index in [2.05, 4.69) is 4.98 Å². The number of thioether (sulfide) groups is 1. The molecule has 0 spiro atoms. The molecule has 1 aliphatic heterocycles. The molecule has 2 aliphatic rings. The summed E-state index contributed by atoms with van der Waals surface area (Å²) in [5.41, 5.74) is 1.75. The third-order valence-electron chi connectivity index (χ3n) is 5.23. The number of carbonyl (C=O) groups excluding carboxylic acids is 2. The van der Waals surface area contributed by atoms with E-state index in [1.54, 1.807) is 21.3 Å². The number of carbonyl (C=O) groups is 2. The second kappa shape index (κ2) is 10.1. The number of aliphatic hydroxyl groups is 1. The summed E-state index contributed by atoms with van der Waals surface area (Å²) >= 11 is 1.32. The van der Waals surface area contributed by atoms with Gasteiger partial charge in [0, 0.05) is 50.6 Å². The molecule has 2 heterocycles. The van der Waals surface area contributed by atoms with Gasteiger partial charge in [-0.25, -0.2) is 9.59 Å². The van der Waals surface area contributed by atoms with Gasteiger partial charge < -0.3 is 19.6 Å². The molecular formula is C19H28N4O5S. The number of hydrogen-bond acceptors (Lipinski definition) is 7. The van der Waals surface area contributed by atoms with E-state index in [-0.39, 0.29) is 30.0 Å². The minimum atomic E-state index is -0.338. The summed E-state index contributed by atoms with van der Waals surface area (Å²) < 4.78 is 6.66. The van der Waals surface area contributed by atoms with E-state index in [0.29, 0.717) is 50.8 Å². The van der Waals surface area contributed by atoms with E-state index in [1.165, 1.54) is 11.8 Å². The first kappa shape index (κ1) is 21.6. The van der Waals surface area contributed by atoms with E-state index < -0.39 is 0 Å². The monoisotopic (exact) mass is 424 g/mol. The number of ether oxygens (including phenoxy) is 1. The minimum Gasteiger partial charge on any atom is -0.450 e. The van der Waals surface area contributed by atoms with Crippen molar-refractivity contribution in [3.8, 4) is 0 Å². The summed E-state index contributed by atoms with van der Waals surface area (Å²) in [6.45, 7) is 4.50. The quantitative estimate of drug-likeness (QED) is 0.502. The number of nitrogens with zero attached hydrogens (tertiary/aromatic N) is 4. The zero-order chi connectivity index (χ0) is 20.8. The van der Waals surface area contributed by atoms with Crippen molar-refractivity contribution in [1.29, 1.82) is 0 Å². The molecule has 1 aromatic rings. The highest BCUT2D eigenvalue weighted by Crippen LogP contribution is 2.29. The second-order valence-electron chi connectivity index (χ2n) is 7.06. The maximum Gasteiger partial charge on any atom is 0.409 e. The highest BCUT2D eigenvalue weighted by atomic mass is 32.2. The van der Waals surface area contributed by atoms with Crippen molar-refractivity contribution in [1.82, 2.24) is 19.4 Å². The standard InChI is InChI=1S/C19H28N4O5S/c1-2-28-19(27)22-10-8-21(9-11-22)16(25)13-29-17-14-5-3-6-15(14)23(7-4-12-24)18(26)20-17/h24H,2-13H2,1H3. The van der Waals surface area contributed by atoms with Gasteiger partial charge in [0.15, 0.2) is 0 Å². The van der Waals surface area contributed by atoms with Crippen molar-refractivity contribution in [3.63, 3.8) is 0 Å². The van der Waals surface area contributed by atoms with Crippen LogP contribution in [-0.2, 0) is 28.9 Å². The Morgan fingerprint density at radius 1 is 1.17 bits per heavy atom. The SMILES string of the molecule is CCOC(=O)N1CCN(C(=O)CSc2nc(=O)n(CCCO)c3c2CCC3)CC1. The Balaban J connectivity index is 1.59. The lowest BCUT2D eigenvalue weighted by molar-refractivity contribution is -0.129. The van der Waals surface area contributed by atoms with Crippen LogP contribution in [0.2, 0.25) is 0 Å². The molecule has 0 bridgehead atoms. The molecule has 1 fully saturated rings. The van der Waals surface area contributed by atoms with Crippen molar-refractivity contribution in [3.05, 3.63) is 21.7 Å². The van der Waals surface area contributed by atoms with Gasteiger partial charge in [0.2, 0.25) is 5.91 Å². The van der Waals surface area contributed by atoms with Crippen LogP contribution in [0.1, 0.15) is 31.0 Å². The van der Waals surface area contributed by atoms with E-state index >= 15 is 0 Å². The molecule has 1 saturated heterocycles. The maximum atomic E-state index is 12.6. The molecule has 0 aromatic carbocycles. The van der Waals surface area contributed by atoms with Gasteiger partial charge in [0.05, 0.1) is 12.4 Å². The predicted octanol–water partition coefficient (Wildman–Crippen LogP) is 0.507. The van der Waals surface area contributed by atoms with E-state index in [0.717, 1.165) is 30.5 Å². The fourth-order valence-electron chi connectivity index (χ4n) is 3.74. The Morgan fingerprint density at radius 3 is 2.59 bits per heavy atom. The molecule has 0 saturated carbocycles. The van der Waals surface area contributed by atoms with Gasteiger partial charge in [0.1, 0.15) is 5.03 Å². The van der Waals surface area contributed by atoms with E-state index in [1.807, 2.05) is 0 Å². The Bertz CT molecular complexity index is 805.